The summed E-state index contributed by atoms with van der Waals surface area (Å²) in [5.41, 5.74) is 0. The van der Waals surface area contributed by atoms with Gasteiger partial charge in [0.1, 0.15) is 6.61 Å². The van der Waals surface area contributed by atoms with Crippen LogP contribution in [0.15, 0.2) is 24.3 Å². The number of hydrogen-bond donors (Lipinski definition) is 2. The summed E-state index contributed by atoms with van der Waals surface area (Å²) in [6, 6.07) is 0. The molecule has 0 aromatic rings. The van der Waals surface area contributed by atoms with Crippen LogP contribution in [0.4, 0.5) is 0 Å². The van der Waals surface area contributed by atoms with Gasteiger partial charge in [-0.2, -0.15) is 0 Å². The fourth-order valence-electron chi connectivity index (χ4n) is 5.87. The Balaban J connectivity index is 3.92. The zero-order chi connectivity index (χ0) is 36.8. The van der Waals surface area contributed by atoms with Gasteiger partial charge in [0, 0.05) is 12.8 Å². The minimum Gasteiger partial charge on any atom is -0.462 e. The fourth-order valence-corrected chi connectivity index (χ4v) is 6.23. The van der Waals surface area contributed by atoms with Crippen molar-refractivity contribution in [1.82, 2.24) is 0 Å². The lowest BCUT2D eigenvalue weighted by molar-refractivity contribution is -0.161. The molecule has 0 spiro atoms. The molecule has 1 atom stereocenters. The van der Waals surface area contributed by atoms with Crippen molar-refractivity contribution in [3.63, 3.8) is 0 Å². The Bertz CT molecular complexity index is 869. The van der Waals surface area contributed by atoms with Crippen LogP contribution >= 0.6 is 7.82 Å². The molecule has 8 nitrogen and oxygen atoms in total. The molecule has 0 aromatic carbocycles. The average Bonchev–Trinajstić information content (AvgIpc) is 3.08. The van der Waals surface area contributed by atoms with Gasteiger partial charge in [-0.05, 0) is 44.9 Å². The summed E-state index contributed by atoms with van der Waals surface area (Å²) in [5.74, 6) is -0.892. The number of rotatable bonds is 38. The van der Waals surface area contributed by atoms with Gasteiger partial charge in [0.2, 0.25) is 0 Å². The van der Waals surface area contributed by atoms with Crippen LogP contribution in [-0.4, -0.2) is 41.0 Å². The van der Waals surface area contributed by atoms with Crippen molar-refractivity contribution in [2.45, 2.75) is 213 Å². The number of carbonyl (C=O) groups is 2. The van der Waals surface area contributed by atoms with E-state index in [0.29, 0.717) is 12.8 Å². The van der Waals surface area contributed by atoms with Crippen molar-refractivity contribution in [3.8, 4) is 0 Å². The van der Waals surface area contributed by atoms with Crippen LogP contribution in [0, 0.1) is 0 Å². The van der Waals surface area contributed by atoms with E-state index in [0.717, 1.165) is 57.8 Å². The number of unbranched alkanes of at least 4 members (excludes halogenated alkanes) is 24. The zero-order valence-electron chi connectivity index (χ0n) is 32.3. The maximum atomic E-state index is 12.4. The molecular weight excluding hydrogens is 651 g/mol. The predicted molar refractivity (Wildman–Crippen MR) is 207 cm³/mol. The van der Waals surface area contributed by atoms with Gasteiger partial charge in [-0.25, -0.2) is 4.57 Å². The topological polar surface area (TPSA) is 119 Å². The third-order valence-corrected chi connectivity index (χ3v) is 9.46. The molecule has 0 amide bonds. The number of esters is 2. The maximum Gasteiger partial charge on any atom is 0.469 e. The predicted octanol–water partition coefficient (Wildman–Crippen LogP) is 12.4. The van der Waals surface area contributed by atoms with E-state index in [4.69, 9.17) is 19.3 Å². The van der Waals surface area contributed by atoms with Crippen molar-refractivity contribution < 1.29 is 37.9 Å². The van der Waals surface area contributed by atoms with E-state index >= 15 is 0 Å². The third-order valence-electron chi connectivity index (χ3n) is 8.97. The zero-order valence-corrected chi connectivity index (χ0v) is 33.2. The summed E-state index contributed by atoms with van der Waals surface area (Å²) in [5, 5.41) is 0. The Kier molecular flexibility index (Phi) is 36.2. The van der Waals surface area contributed by atoms with Crippen molar-refractivity contribution in [2.75, 3.05) is 13.2 Å². The second-order valence-corrected chi connectivity index (χ2v) is 15.2. The van der Waals surface area contributed by atoms with Crippen LogP contribution in [0.3, 0.4) is 0 Å². The van der Waals surface area contributed by atoms with Gasteiger partial charge < -0.3 is 19.3 Å². The molecule has 0 aliphatic rings. The Morgan fingerprint density at radius 2 is 0.900 bits per heavy atom. The van der Waals surface area contributed by atoms with Crippen LogP contribution in [0.25, 0.3) is 0 Å². The molecule has 9 heteroatoms. The summed E-state index contributed by atoms with van der Waals surface area (Å²) in [7, 11) is -4.75. The molecule has 294 valence electrons. The van der Waals surface area contributed by atoms with Crippen molar-refractivity contribution in [1.29, 1.82) is 0 Å². The molecule has 2 N–H and O–H groups in total. The molecule has 0 rings (SSSR count). The van der Waals surface area contributed by atoms with E-state index in [2.05, 4.69) is 42.7 Å². The average molecular weight is 729 g/mol. The molecule has 0 aliphatic heterocycles. The van der Waals surface area contributed by atoms with E-state index in [1.54, 1.807) is 0 Å². The molecular formula is C41H77O8P. The number of ether oxygens (including phenoxy) is 2. The highest BCUT2D eigenvalue weighted by molar-refractivity contribution is 7.46. The summed E-state index contributed by atoms with van der Waals surface area (Å²) >= 11 is 0. The molecule has 0 bridgehead atoms. The SMILES string of the molecule is CCCCC/C=C/C/C=C/CCCCCCCC(=O)OC[C@H](COP(=O)(O)O)OC(=O)CCCCCCCCCCCCCCCCCCC. The first-order chi connectivity index (χ1) is 24.3. The number of allylic oxidation sites excluding steroid dienone is 4. The monoisotopic (exact) mass is 729 g/mol. The van der Waals surface area contributed by atoms with E-state index in [1.807, 2.05) is 0 Å². The van der Waals surface area contributed by atoms with Crippen LogP contribution in [-0.2, 0) is 28.2 Å². The minimum absolute atomic E-state index is 0.213. The van der Waals surface area contributed by atoms with Crippen LogP contribution in [0.5, 0.6) is 0 Å². The number of phosphoric ester groups is 1. The Morgan fingerprint density at radius 1 is 0.520 bits per heavy atom. The lowest BCUT2D eigenvalue weighted by Crippen LogP contribution is -2.29. The van der Waals surface area contributed by atoms with Gasteiger partial charge in [0.25, 0.3) is 0 Å². The smallest absolute Gasteiger partial charge is 0.462 e. The van der Waals surface area contributed by atoms with E-state index in [9.17, 15) is 14.2 Å². The number of hydrogen-bond acceptors (Lipinski definition) is 6. The summed E-state index contributed by atoms with van der Waals surface area (Å²) < 4.78 is 26.4. The van der Waals surface area contributed by atoms with Gasteiger partial charge in [-0.15, -0.1) is 0 Å². The Labute approximate surface area is 307 Å². The van der Waals surface area contributed by atoms with Gasteiger partial charge in [0.15, 0.2) is 6.10 Å². The molecule has 0 radical (unpaired) electrons. The van der Waals surface area contributed by atoms with Gasteiger partial charge >= 0.3 is 19.8 Å². The van der Waals surface area contributed by atoms with Gasteiger partial charge in [-0.3, -0.25) is 14.1 Å². The highest BCUT2D eigenvalue weighted by Gasteiger charge is 2.22. The molecule has 0 heterocycles. The fraction of sp³-hybridized carbons (Fsp3) is 0.854. The van der Waals surface area contributed by atoms with Crippen LogP contribution < -0.4 is 0 Å². The maximum absolute atomic E-state index is 12.4. The van der Waals surface area contributed by atoms with Crippen molar-refractivity contribution >= 4 is 19.8 Å². The summed E-state index contributed by atoms with van der Waals surface area (Å²) in [6.07, 6.45) is 41.8. The van der Waals surface area contributed by atoms with Crippen molar-refractivity contribution in [3.05, 3.63) is 24.3 Å². The highest BCUT2D eigenvalue weighted by atomic mass is 31.2. The molecule has 0 saturated heterocycles. The largest absolute Gasteiger partial charge is 0.469 e. The van der Waals surface area contributed by atoms with E-state index in [-0.39, 0.29) is 19.4 Å². The minimum atomic E-state index is -4.75. The number of carbonyl (C=O) groups excluding carboxylic acids is 2. The molecule has 0 aromatic heterocycles. The standard InChI is InChI=1S/C41H77O8P/c1-3-5-7-9-11-13-15-17-19-20-22-24-26-28-30-32-34-36-41(43)49-39(38-48-50(44,45)46)37-47-40(42)35-33-31-29-27-25-23-21-18-16-14-12-10-8-6-4-2/h12,14,18,21,39H,3-11,13,15-17,19-20,22-38H2,1-2H3,(H2,44,45,46)/b14-12+,21-18+/t39-/m1/s1. The first-order valence-electron chi connectivity index (χ1n) is 20.6. The summed E-state index contributed by atoms with van der Waals surface area (Å²) in [6.45, 7) is 3.66. The molecule has 50 heavy (non-hydrogen) atoms. The lowest BCUT2D eigenvalue weighted by atomic mass is 10.0. The first kappa shape index (κ1) is 48.5. The number of phosphoric acid groups is 1. The normalized spacial score (nSPS) is 12.6. The van der Waals surface area contributed by atoms with Crippen molar-refractivity contribution in [2.24, 2.45) is 0 Å². The lowest BCUT2D eigenvalue weighted by Gasteiger charge is -2.18. The second kappa shape index (κ2) is 37.3. The van der Waals surface area contributed by atoms with E-state index in [1.165, 1.54) is 109 Å². The van der Waals surface area contributed by atoms with Gasteiger partial charge in [0.05, 0.1) is 6.61 Å². The highest BCUT2D eigenvalue weighted by Crippen LogP contribution is 2.36. The molecule has 0 aliphatic carbocycles. The first-order valence-corrected chi connectivity index (χ1v) is 22.2. The quantitative estimate of drug-likeness (QED) is 0.0279. The Hall–Kier alpha value is -1.47. The molecule has 0 fully saturated rings. The summed E-state index contributed by atoms with van der Waals surface area (Å²) in [4.78, 5) is 42.8. The van der Waals surface area contributed by atoms with Crippen LogP contribution in [0.1, 0.15) is 206 Å². The Morgan fingerprint density at radius 3 is 1.36 bits per heavy atom. The van der Waals surface area contributed by atoms with Gasteiger partial charge in [-0.1, -0.05) is 173 Å². The molecule has 0 unspecified atom stereocenters. The van der Waals surface area contributed by atoms with Crippen LogP contribution in [0.2, 0.25) is 0 Å². The molecule has 0 saturated carbocycles. The van der Waals surface area contributed by atoms with E-state index < -0.39 is 32.5 Å². The third kappa shape index (κ3) is 39.3. The second-order valence-electron chi connectivity index (χ2n) is 14.0.